The minimum absolute atomic E-state index is 0.168. The van der Waals surface area contributed by atoms with Crippen LogP contribution in [-0.4, -0.2) is 52.5 Å². The topological polar surface area (TPSA) is 61.4 Å². The quantitative estimate of drug-likeness (QED) is 0.614. The largest absolute Gasteiger partial charge is 0.389 e. The van der Waals surface area contributed by atoms with E-state index in [1.54, 1.807) is 0 Å². The van der Waals surface area contributed by atoms with Gasteiger partial charge < -0.3 is 14.7 Å². The summed E-state index contributed by atoms with van der Waals surface area (Å²) in [5, 5.41) is 17.8. The zero-order chi connectivity index (χ0) is 19.9. The fourth-order valence-corrected chi connectivity index (χ4v) is 4.12. The van der Waals surface area contributed by atoms with Crippen LogP contribution >= 0.6 is 0 Å². The Morgan fingerprint density at radius 1 is 0.966 bits per heavy atom. The molecule has 5 nitrogen and oxygen atoms in total. The van der Waals surface area contributed by atoms with E-state index in [2.05, 4.69) is 45.4 Å². The summed E-state index contributed by atoms with van der Waals surface area (Å²) in [5.41, 5.74) is 3.43. The lowest BCUT2D eigenvalue weighted by Crippen LogP contribution is -2.40. The molecule has 4 rings (SSSR count). The van der Waals surface area contributed by atoms with E-state index < -0.39 is 6.10 Å². The Kier molecular flexibility index (Phi) is 6.72. The molecule has 0 aliphatic carbocycles. The Bertz CT molecular complexity index is 792. The van der Waals surface area contributed by atoms with Gasteiger partial charge in [0.25, 0.3) is 0 Å². The Balaban J connectivity index is 1.30. The second-order valence-corrected chi connectivity index (χ2v) is 7.78. The number of H-pyrrole nitrogens is 1. The molecule has 1 aliphatic rings. The highest BCUT2D eigenvalue weighted by atomic mass is 16.5. The maximum Gasteiger partial charge on any atom is 0.108 e. The fraction of sp³-hybridized carbons (Fsp3) is 0.375. The van der Waals surface area contributed by atoms with Gasteiger partial charge in [-0.2, -0.15) is 5.10 Å². The summed E-state index contributed by atoms with van der Waals surface area (Å²) in [5.74, 6) is 0.544. The van der Waals surface area contributed by atoms with Gasteiger partial charge in [-0.05, 0) is 43.1 Å². The van der Waals surface area contributed by atoms with Crippen LogP contribution in [0.25, 0.3) is 0 Å². The molecule has 2 heterocycles. The molecular formula is C24H29N3O2. The summed E-state index contributed by atoms with van der Waals surface area (Å²) < 4.78 is 6.21. The molecule has 0 amide bonds. The van der Waals surface area contributed by atoms with Gasteiger partial charge in [0.15, 0.2) is 0 Å². The van der Waals surface area contributed by atoms with Crippen LogP contribution in [0.15, 0.2) is 72.9 Å². The molecule has 1 aliphatic heterocycles. The Morgan fingerprint density at radius 2 is 1.59 bits per heavy atom. The van der Waals surface area contributed by atoms with E-state index in [1.165, 1.54) is 5.69 Å². The SMILES string of the molecule is OC(COC(c1ccccc1)c1ccccc1)CN1CCC(c2ccn[nH]2)CC1. The van der Waals surface area contributed by atoms with Gasteiger partial charge in [0.1, 0.15) is 6.10 Å². The number of β-amino-alcohol motifs (C(OH)–C–C–N with tert-alkyl or cyclic N) is 1. The van der Waals surface area contributed by atoms with Crippen LogP contribution in [0.2, 0.25) is 0 Å². The molecule has 152 valence electrons. The smallest absolute Gasteiger partial charge is 0.108 e. The maximum absolute atomic E-state index is 10.6. The lowest BCUT2D eigenvalue weighted by molar-refractivity contribution is -0.0111. The van der Waals surface area contributed by atoms with Crippen LogP contribution in [-0.2, 0) is 4.74 Å². The third-order valence-electron chi connectivity index (χ3n) is 5.68. The molecule has 3 aromatic rings. The van der Waals surface area contributed by atoms with Crippen LogP contribution < -0.4 is 0 Å². The molecule has 1 saturated heterocycles. The van der Waals surface area contributed by atoms with Crippen LogP contribution in [0.4, 0.5) is 0 Å². The number of nitrogens with one attached hydrogen (secondary N) is 1. The van der Waals surface area contributed by atoms with Crippen molar-refractivity contribution in [2.45, 2.75) is 31.0 Å². The number of nitrogens with zero attached hydrogens (tertiary/aromatic N) is 2. The van der Waals surface area contributed by atoms with Crippen molar-refractivity contribution < 1.29 is 9.84 Å². The van der Waals surface area contributed by atoms with Crippen molar-refractivity contribution in [2.75, 3.05) is 26.2 Å². The third kappa shape index (κ3) is 5.32. The first-order valence-corrected chi connectivity index (χ1v) is 10.4. The van der Waals surface area contributed by atoms with Gasteiger partial charge in [0.05, 0.1) is 12.7 Å². The molecule has 0 radical (unpaired) electrons. The van der Waals surface area contributed by atoms with E-state index in [0.717, 1.165) is 37.1 Å². The van der Waals surface area contributed by atoms with Gasteiger partial charge in [-0.3, -0.25) is 5.10 Å². The average molecular weight is 392 g/mol. The highest BCUT2D eigenvalue weighted by molar-refractivity contribution is 5.29. The lowest BCUT2D eigenvalue weighted by Gasteiger charge is -2.33. The number of hydrogen-bond acceptors (Lipinski definition) is 4. The van der Waals surface area contributed by atoms with Crippen molar-refractivity contribution >= 4 is 0 Å². The molecular weight excluding hydrogens is 362 g/mol. The van der Waals surface area contributed by atoms with Crippen molar-refractivity contribution in [3.05, 3.63) is 89.7 Å². The second-order valence-electron chi connectivity index (χ2n) is 7.78. The van der Waals surface area contributed by atoms with Gasteiger partial charge >= 0.3 is 0 Å². The van der Waals surface area contributed by atoms with Gasteiger partial charge in [0.2, 0.25) is 0 Å². The molecule has 0 bridgehead atoms. The summed E-state index contributed by atoms with van der Waals surface area (Å²) in [7, 11) is 0. The van der Waals surface area contributed by atoms with Gasteiger partial charge in [-0.15, -0.1) is 0 Å². The number of aromatic amines is 1. The monoisotopic (exact) mass is 391 g/mol. The predicted molar refractivity (Wildman–Crippen MR) is 114 cm³/mol. The predicted octanol–water partition coefficient (Wildman–Crippen LogP) is 3.76. The molecule has 1 unspecified atom stereocenters. The zero-order valence-corrected chi connectivity index (χ0v) is 16.7. The lowest BCUT2D eigenvalue weighted by atomic mass is 9.93. The van der Waals surface area contributed by atoms with Crippen LogP contribution in [0.3, 0.4) is 0 Å². The first kappa shape index (κ1) is 19.8. The van der Waals surface area contributed by atoms with Crippen molar-refractivity contribution in [2.24, 2.45) is 0 Å². The average Bonchev–Trinajstić information content (AvgIpc) is 3.31. The van der Waals surface area contributed by atoms with Gasteiger partial charge in [-0.1, -0.05) is 60.7 Å². The summed E-state index contributed by atoms with van der Waals surface area (Å²) in [6.07, 6.45) is 3.32. The van der Waals surface area contributed by atoms with E-state index in [-0.39, 0.29) is 6.10 Å². The molecule has 1 fully saturated rings. The third-order valence-corrected chi connectivity index (χ3v) is 5.68. The van der Waals surface area contributed by atoms with Gasteiger partial charge in [-0.25, -0.2) is 0 Å². The standard InChI is InChI=1S/C24H29N3O2/c28-22(17-27-15-12-19(13-16-27)23-11-14-25-26-23)18-29-24(20-7-3-1-4-8-20)21-9-5-2-6-10-21/h1-11,14,19,22,24,28H,12-13,15-18H2,(H,25,26). The normalized spacial score (nSPS) is 16.9. The summed E-state index contributed by atoms with van der Waals surface area (Å²) in [4.78, 5) is 2.33. The summed E-state index contributed by atoms with van der Waals surface area (Å²) >= 11 is 0. The highest BCUT2D eigenvalue weighted by Gasteiger charge is 2.24. The Morgan fingerprint density at radius 3 is 2.14 bits per heavy atom. The molecule has 1 aromatic heterocycles. The molecule has 29 heavy (non-hydrogen) atoms. The molecule has 5 heteroatoms. The number of aliphatic hydroxyl groups is 1. The number of ether oxygens (including phenoxy) is 1. The van der Waals surface area contributed by atoms with E-state index in [1.807, 2.05) is 42.6 Å². The molecule has 0 spiro atoms. The molecule has 2 aromatic carbocycles. The van der Waals surface area contributed by atoms with Crippen molar-refractivity contribution in [3.63, 3.8) is 0 Å². The number of rotatable bonds is 8. The van der Waals surface area contributed by atoms with E-state index >= 15 is 0 Å². The number of aliphatic hydroxyl groups excluding tert-OH is 1. The molecule has 0 saturated carbocycles. The maximum atomic E-state index is 10.6. The van der Waals surface area contributed by atoms with Crippen LogP contribution in [0.1, 0.15) is 41.7 Å². The number of piperidine rings is 1. The Hall–Kier alpha value is -2.47. The van der Waals surface area contributed by atoms with Gasteiger partial charge in [0, 0.05) is 24.4 Å². The highest BCUT2D eigenvalue weighted by Crippen LogP contribution is 2.27. The van der Waals surface area contributed by atoms with E-state index in [9.17, 15) is 5.11 Å². The zero-order valence-electron chi connectivity index (χ0n) is 16.7. The number of likely N-dealkylation sites (tertiary alicyclic amines) is 1. The first-order valence-electron chi connectivity index (χ1n) is 10.4. The van der Waals surface area contributed by atoms with Crippen molar-refractivity contribution in [1.82, 2.24) is 15.1 Å². The van der Waals surface area contributed by atoms with Crippen LogP contribution in [0.5, 0.6) is 0 Å². The summed E-state index contributed by atoms with van der Waals surface area (Å²) in [6.45, 7) is 2.93. The van der Waals surface area contributed by atoms with E-state index in [4.69, 9.17) is 4.74 Å². The van der Waals surface area contributed by atoms with Crippen molar-refractivity contribution in [3.8, 4) is 0 Å². The van der Waals surface area contributed by atoms with Crippen molar-refractivity contribution in [1.29, 1.82) is 0 Å². The fourth-order valence-electron chi connectivity index (χ4n) is 4.12. The number of aromatic nitrogens is 2. The minimum atomic E-state index is -0.506. The Labute approximate surface area is 172 Å². The molecule has 2 N–H and O–H groups in total. The van der Waals surface area contributed by atoms with E-state index in [0.29, 0.717) is 19.1 Å². The molecule has 1 atom stereocenters. The van der Waals surface area contributed by atoms with Crippen LogP contribution in [0, 0.1) is 0 Å². The second kappa shape index (κ2) is 9.83. The number of hydrogen-bond donors (Lipinski definition) is 2. The minimum Gasteiger partial charge on any atom is -0.389 e. The first-order chi connectivity index (χ1) is 14.3. The summed E-state index contributed by atoms with van der Waals surface area (Å²) in [6, 6.07) is 22.5. The number of benzene rings is 2.